The first-order valence-electron chi connectivity index (χ1n) is 13.1. The van der Waals surface area contributed by atoms with Gasteiger partial charge in [-0.25, -0.2) is 9.28 Å². The van der Waals surface area contributed by atoms with Crippen LogP contribution in [0, 0.1) is 17.2 Å². The normalized spacial score (nSPS) is 20.7. The van der Waals surface area contributed by atoms with E-state index in [1.807, 2.05) is 48.5 Å². The maximum atomic E-state index is 13.9. The second kappa shape index (κ2) is 12.2. The van der Waals surface area contributed by atoms with Crippen molar-refractivity contribution in [2.24, 2.45) is 11.7 Å². The number of nitrogens with two attached hydrogens (primary N) is 1. The van der Waals surface area contributed by atoms with Crippen molar-refractivity contribution in [1.29, 1.82) is 5.26 Å². The molecule has 2 aromatic carbocycles. The molecule has 2 aromatic rings. The summed E-state index contributed by atoms with van der Waals surface area (Å²) in [5.74, 6) is 0.859. The van der Waals surface area contributed by atoms with Gasteiger partial charge in [-0.2, -0.15) is 5.26 Å². The van der Waals surface area contributed by atoms with Crippen LogP contribution in [0.4, 0.5) is 0 Å². The molecule has 0 aliphatic carbocycles. The van der Waals surface area contributed by atoms with Crippen LogP contribution in [0.1, 0.15) is 63.5 Å². The summed E-state index contributed by atoms with van der Waals surface area (Å²) in [6, 6.07) is 17.5. The van der Waals surface area contributed by atoms with Crippen molar-refractivity contribution >= 4 is 11.8 Å². The largest absolute Gasteiger partial charge is 0.493 e. The van der Waals surface area contributed by atoms with Crippen LogP contribution < -0.4 is 15.2 Å². The Morgan fingerprint density at radius 2 is 1.84 bits per heavy atom. The molecule has 2 N–H and O–H groups in total. The van der Waals surface area contributed by atoms with Crippen molar-refractivity contribution in [3.05, 3.63) is 59.7 Å². The number of hydrogen-bond donors (Lipinski definition) is 1. The molecule has 198 valence electrons. The van der Waals surface area contributed by atoms with Gasteiger partial charge in [0.1, 0.15) is 6.54 Å². The lowest BCUT2D eigenvalue weighted by Crippen LogP contribution is -2.59. The third-order valence-corrected chi connectivity index (χ3v) is 8.08. The van der Waals surface area contributed by atoms with Gasteiger partial charge in [0.15, 0.2) is 17.5 Å². The maximum absolute atomic E-state index is 13.9. The molecule has 1 aliphatic rings. The second-order valence-corrected chi connectivity index (χ2v) is 10.3. The number of nitrogens with zero attached hydrogens (tertiary/aromatic N) is 2. The number of ether oxygens (including phenoxy) is 2. The van der Waals surface area contributed by atoms with Crippen molar-refractivity contribution in [3.8, 4) is 17.6 Å². The topological polar surface area (TPSA) is 102 Å². The van der Waals surface area contributed by atoms with Crippen LogP contribution in [0.25, 0.3) is 0 Å². The lowest BCUT2D eigenvalue weighted by molar-refractivity contribution is -0.871. The first-order valence-corrected chi connectivity index (χ1v) is 13.1. The van der Waals surface area contributed by atoms with Crippen LogP contribution in [0.3, 0.4) is 0 Å². The SMILES string of the molecule is COc1cccc(C[N@+]2(C(=O)CCCC[C@@](C#N)(c3ccccc3)C(C)C)CCCC2C(N)=O)c1OC. The summed E-state index contributed by atoms with van der Waals surface area (Å²) in [7, 11) is 3.15. The van der Waals surface area contributed by atoms with E-state index in [0.29, 0.717) is 50.3 Å². The van der Waals surface area contributed by atoms with Gasteiger partial charge in [-0.3, -0.25) is 4.79 Å². The highest BCUT2D eigenvalue weighted by atomic mass is 16.5. The van der Waals surface area contributed by atoms with Gasteiger partial charge >= 0.3 is 5.91 Å². The lowest BCUT2D eigenvalue weighted by atomic mass is 9.69. The number of carbonyl (C=O) groups is 2. The Balaban J connectivity index is 1.80. The van der Waals surface area contributed by atoms with E-state index in [9.17, 15) is 14.9 Å². The quantitative estimate of drug-likeness (QED) is 0.327. The number of methoxy groups -OCH3 is 2. The van der Waals surface area contributed by atoms with Crippen molar-refractivity contribution in [3.63, 3.8) is 0 Å². The molecule has 0 radical (unpaired) electrons. The molecular formula is C30H40N3O4+. The van der Waals surface area contributed by atoms with Gasteiger partial charge in [-0.1, -0.05) is 56.7 Å². The van der Waals surface area contributed by atoms with E-state index >= 15 is 0 Å². The Morgan fingerprint density at radius 3 is 2.43 bits per heavy atom. The minimum atomic E-state index is -0.603. The van der Waals surface area contributed by atoms with E-state index < -0.39 is 17.4 Å². The first kappa shape index (κ1) is 28.2. The molecule has 0 saturated carbocycles. The molecule has 0 bridgehead atoms. The van der Waals surface area contributed by atoms with Crippen LogP contribution in [-0.4, -0.2) is 43.1 Å². The number of quaternary nitrogens is 1. The molecule has 1 heterocycles. The van der Waals surface area contributed by atoms with Crippen LogP contribution in [0.5, 0.6) is 11.5 Å². The number of benzene rings is 2. The molecule has 1 unspecified atom stereocenters. The van der Waals surface area contributed by atoms with Crippen LogP contribution in [-0.2, 0) is 21.5 Å². The highest BCUT2D eigenvalue weighted by Crippen LogP contribution is 2.39. The number of carbonyl (C=O) groups excluding carboxylic acids is 2. The average Bonchev–Trinajstić information content (AvgIpc) is 3.34. The lowest BCUT2D eigenvalue weighted by Gasteiger charge is -2.36. The standard InChI is InChI=1S/C30H39N3O4/c1-22(2)30(21-31,24-13-6-5-7-14-24)18-9-8-17-27(34)33(19-11-15-25(33)29(32)35)20-23-12-10-16-26(36-3)28(23)37-4/h5-7,10,12-14,16,22,25H,8-9,11,15,17-20H2,1-4H3,(H-,32,35)/p+1/t25?,30-,33+/m0/s1. The number of likely N-dealkylation sites (tertiary alicyclic amines) is 1. The number of primary amides is 1. The third kappa shape index (κ3) is 5.65. The fourth-order valence-corrected chi connectivity index (χ4v) is 5.97. The van der Waals surface area contributed by atoms with Gasteiger partial charge in [0.2, 0.25) is 0 Å². The van der Waals surface area contributed by atoms with Gasteiger partial charge in [0.25, 0.3) is 5.91 Å². The summed E-state index contributed by atoms with van der Waals surface area (Å²) in [6.07, 6.45) is 3.71. The van der Waals surface area contributed by atoms with Gasteiger partial charge in [0, 0.05) is 12.8 Å². The highest BCUT2D eigenvalue weighted by Gasteiger charge is 2.51. The predicted octanol–water partition coefficient (Wildman–Crippen LogP) is 4.87. The molecule has 1 fully saturated rings. The number of hydrogen-bond acceptors (Lipinski definition) is 5. The van der Waals surface area contributed by atoms with E-state index in [1.54, 1.807) is 14.2 Å². The molecule has 0 spiro atoms. The first-order chi connectivity index (χ1) is 17.8. The number of unbranched alkanes of at least 4 members (excludes halogenated alkanes) is 1. The van der Waals surface area contributed by atoms with Crippen LogP contribution in [0.2, 0.25) is 0 Å². The number of para-hydroxylation sites is 1. The molecule has 1 aliphatic heterocycles. The van der Waals surface area contributed by atoms with E-state index in [1.165, 1.54) is 0 Å². The minimum absolute atomic E-state index is 0.00508. The van der Waals surface area contributed by atoms with Crippen molar-refractivity contribution in [2.45, 2.75) is 70.4 Å². The summed E-state index contributed by atoms with van der Waals surface area (Å²) in [5.41, 5.74) is 7.05. The number of rotatable bonds is 12. The Labute approximate surface area is 220 Å². The van der Waals surface area contributed by atoms with Gasteiger partial charge < -0.3 is 15.2 Å². The zero-order valence-corrected chi connectivity index (χ0v) is 22.5. The monoisotopic (exact) mass is 506 g/mol. The molecule has 37 heavy (non-hydrogen) atoms. The van der Waals surface area contributed by atoms with Crippen LogP contribution in [0.15, 0.2) is 48.5 Å². The summed E-state index contributed by atoms with van der Waals surface area (Å²) >= 11 is 0. The molecular weight excluding hydrogens is 466 g/mol. The molecule has 2 amide bonds. The Hall–Kier alpha value is -3.37. The summed E-state index contributed by atoms with van der Waals surface area (Å²) in [6.45, 7) is 5.03. The summed E-state index contributed by atoms with van der Waals surface area (Å²) in [5, 5.41) is 10.2. The summed E-state index contributed by atoms with van der Waals surface area (Å²) in [4.78, 5) is 26.3. The average molecular weight is 507 g/mol. The fraction of sp³-hybridized carbons (Fsp3) is 0.500. The zero-order valence-electron chi connectivity index (χ0n) is 22.5. The fourth-order valence-electron chi connectivity index (χ4n) is 5.97. The van der Waals surface area contributed by atoms with E-state index in [4.69, 9.17) is 15.2 Å². The number of nitriles is 1. The third-order valence-electron chi connectivity index (χ3n) is 8.08. The molecule has 3 rings (SSSR count). The molecule has 7 heteroatoms. The second-order valence-electron chi connectivity index (χ2n) is 10.3. The maximum Gasteiger partial charge on any atom is 0.314 e. The Kier molecular flexibility index (Phi) is 9.34. The van der Waals surface area contributed by atoms with Crippen molar-refractivity contribution < 1.29 is 23.5 Å². The van der Waals surface area contributed by atoms with Gasteiger partial charge in [-0.05, 0) is 36.5 Å². The van der Waals surface area contributed by atoms with E-state index in [-0.39, 0.29) is 16.3 Å². The molecule has 7 nitrogen and oxygen atoms in total. The Morgan fingerprint density at radius 1 is 1.11 bits per heavy atom. The molecule has 1 saturated heterocycles. The predicted molar refractivity (Wildman–Crippen MR) is 143 cm³/mol. The van der Waals surface area contributed by atoms with Gasteiger partial charge in [-0.15, -0.1) is 0 Å². The van der Waals surface area contributed by atoms with E-state index in [0.717, 1.165) is 24.0 Å². The molecule has 0 aromatic heterocycles. The molecule has 3 atom stereocenters. The Bertz CT molecular complexity index is 1130. The van der Waals surface area contributed by atoms with Crippen molar-refractivity contribution in [1.82, 2.24) is 0 Å². The van der Waals surface area contributed by atoms with Crippen LogP contribution >= 0.6 is 0 Å². The zero-order chi connectivity index (χ0) is 27.1. The van der Waals surface area contributed by atoms with Crippen molar-refractivity contribution in [2.75, 3.05) is 20.8 Å². The smallest absolute Gasteiger partial charge is 0.314 e. The van der Waals surface area contributed by atoms with Gasteiger partial charge in [0.05, 0.1) is 44.2 Å². The number of amides is 2. The minimum Gasteiger partial charge on any atom is -0.493 e. The van der Waals surface area contributed by atoms with E-state index in [2.05, 4.69) is 19.9 Å². The highest BCUT2D eigenvalue weighted by molar-refractivity contribution is 5.82. The summed E-state index contributed by atoms with van der Waals surface area (Å²) < 4.78 is 11.1.